The van der Waals surface area contributed by atoms with Crippen molar-refractivity contribution in [3.05, 3.63) is 60.2 Å². The Morgan fingerprint density at radius 3 is 2.62 bits per heavy atom. The molecule has 0 radical (unpaired) electrons. The summed E-state index contributed by atoms with van der Waals surface area (Å²) in [5.74, 6) is 0.872. The summed E-state index contributed by atoms with van der Waals surface area (Å²) in [6.45, 7) is 3.98. The Hall–Kier alpha value is -3.39. The predicted molar refractivity (Wildman–Crippen MR) is 128 cm³/mol. The lowest BCUT2D eigenvalue weighted by Gasteiger charge is -2.35. The Balaban J connectivity index is 1.59. The second kappa shape index (κ2) is 9.46. The highest BCUT2D eigenvalue weighted by atomic mass is 19.1. The van der Waals surface area contributed by atoms with Gasteiger partial charge in [0.1, 0.15) is 17.3 Å². The molecule has 0 spiro atoms. The molecule has 2 aliphatic heterocycles. The van der Waals surface area contributed by atoms with Crippen molar-refractivity contribution in [2.75, 3.05) is 25.1 Å². The van der Waals surface area contributed by atoms with Gasteiger partial charge in [-0.25, -0.2) is 9.18 Å². The third-order valence-electron chi connectivity index (χ3n) is 6.75. The molecule has 34 heavy (non-hydrogen) atoms. The van der Waals surface area contributed by atoms with E-state index in [4.69, 9.17) is 9.47 Å². The summed E-state index contributed by atoms with van der Waals surface area (Å²) in [6, 6.07) is 10.3. The Kier molecular flexibility index (Phi) is 6.24. The lowest BCUT2D eigenvalue weighted by atomic mass is 9.92. The minimum Gasteiger partial charge on any atom is -0.456 e. The lowest BCUT2D eigenvalue weighted by Crippen LogP contribution is -2.42. The van der Waals surface area contributed by atoms with Gasteiger partial charge >= 0.3 is 6.09 Å². The van der Waals surface area contributed by atoms with Crippen LogP contribution in [0.5, 0.6) is 11.5 Å². The zero-order valence-electron chi connectivity index (χ0n) is 19.5. The summed E-state index contributed by atoms with van der Waals surface area (Å²) in [5, 5.41) is 8.04. The van der Waals surface area contributed by atoms with Gasteiger partial charge in [-0.2, -0.15) is 5.10 Å². The van der Waals surface area contributed by atoms with E-state index in [0.717, 1.165) is 61.2 Å². The molecule has 1 N–H and O–H groups in total. The second-order valence-corrected chi connectivity index (χ2v) is 8.91. The number of aromatic nitrogens is 2. The molecule has 1 saturated heterocycles. The monoisotopic (exact) mass is 464 g/mol. The first kappa shape index (κ1) is 22.4. The van der Waals surface area contributed by atoms with Crippen LogP contribution in [0.15, 0.2) is 48.8 Å². The van der Waals surface area contributed by atoms with E-state index in [0.29, 0.717) is 17.5 Å². The molecule has 0 saturated carbocycles. The second-order valence-electron chi connectivity index (χ2n) is 8.91. The van der Waals surface area contributed by atoms with Crippen LogP contribution >= 0.6 is 0 Å². The summed E-state index contributed by atoms with van der Waals surface area (Å²) in [7, 11) is 1.39. The van der Waals surface area contributed by atoms with E-state index < -0.39 is 6.09 Å². The van der Waals surface area contributed by atoms with E-state index in [1.165, 1.54) is 19.2 Å². The fraction of sp³-hybridized carbons (Fsp3) is 0.385. The van der Waals surface area contributed by atoms with Crippen LogP contribution in [-0.4, -0.2) is 42.1 Å². The highest BCUT2D eigenvalue weighted by Gasteiger charge is 2.32. The topological polar surface area (TPSA) is 68.6 Å². The van der Waals surface area contributed by atoms with Gasteiger partial charge in [-0.15, -0.1) is 0 Å². The number of ether oxygens (including phenoxy) is 2. The molecule has 1 atom stereocenters. The minimum atomic E-state index is -0.396. The van der Waals surface area contributed by atoms with Crippen LogP contribution in [0.1, 0.15) is 37.8 Å². The van der Waals surface area contributed by atoms with Gasteiger partial charge in [0.2, 0.25) is 0 Å². The van der Waals surface area contributed by atoms with E-state index in [1.807, 2.05) is 29.9 Å². The predicted octanol–water partition coefficient (Wildman–Crippen LogP) is 5.31. The van der Waals surface area contributed by atoms with Gasteiger partial charge in [0.15, 0.2) is 0 Å². The highest BCUT2D eigenvalue weighted by Crippen LogP contribution is 2.45. The van der Waals surface area contributed by atoms with Crippen molar-refractivity contribution < 1.29 is 18.7 Å². The molecular formula is C26H29FN4O3. The number of benzene rings is 2. The number of fused-ring (bicyclic) bond motifs is 1. The van der Waals surface area contributed by atoms with Crippen molar-refractivity contribution in [2.45, 2.75) is 44.7 Å². The molecule has 3 heterocycles. The number of piperidine rings is 1. The fourth-order valence-corrected chi connectivity index (χ4v) is 4.89. The van der Waals surface area contributed by atoms with Gasteiger partial charge < -0.3 is 14.8 Å². The number of carbonyl (C=O) groups is 1. The number of hydrogen-bond acceptors (Lipinski definition) is 5. The number of anilines is 1. The summed E-state index contributed by atoms with van der Waals surface area (Å²) in [6.07, 6.45) is 7.14. The zero-order chi connectivity index (χ0) is 23.7. The molecule has 178 valence electrons. The third-order valence-corrected chi connectivity index (χ3v) is 6.75. The average Bonchev–Trinajstić information content (AvgIpc) is 3.35. The summed E-state index contributed by atoms with van der Waals surface area (Å²) >= 11 is 0. The van der Waals surface area contributed by atoms with Gasteiger partial charge in [0, 0.05) is 28.9 Å². The van der Waals surface area contributed by atoms with E-state index in [9.17, 15) is 9.18 Å². The molecular weight excluding hydrogens is 435 g/mol. The molecule has 0 aliphatic carbocycles. The van der Waals surface area contributed by atoms with Gasteiger partial charge in [-0.1, -0.05) is 0 Å². The maximum atomic E-state index is 13.5. The first-order valence-corrected chi connectivity index (χ1v) is 11.8. The van der Waals surface area contributed by atoms with Crippen LogP contribution in [0, 0.1) is 5.82 Å². The van der Waals surface area contributed by atoms with Gasteiger partial charge in [-0.3, -0.25) is 9.58 Å². The Morgan fingerprint density at radius 2 is 1.88 bits per heavy atom. The van der Waals surface area contributed by atoms with Gasteiger partial charge in [0.05, 0.1) is 25.0 Å². The summed E-state index contributed by atoms with van der Waals surface area (Å²) in [4.78, 5) is 14.3. The normalized spacial score (nSPS) is 18.4. The lowest BCUT2D eigenvalue weighted by molar-refractivity contribution is 0.175. The number of nitrogens with one attached hydrogen (secondary N) is 1. The number of rotatable bonds is 4. The van der Waals surface area contributed by atoms with E-state index in [1.54, 1.807) is 17.0 Å². The number of carbonyl (C=O) groups excluding carboxylic acids is 1. The first-order chi connectivity index (χ1) is 16.5. The van der Waals surface area contributed by atoms with Crippen molar-refractivity contribution in [2.24, 2.45) is 0 Å². The number of hydrogen-bond donors (Lipinski definition) is 1. The fourth-order valence-electron chi connectivity index (χ4n) is 4.89. The van der Waals surface area contributed by atoms with Crippen LogP contribution in [0.25, 0.3) is 11.1 Å². The highest BCUT2D eigenvalue weighted by molar-refractivity contribution is 5.92. The molecule has 8 heteroatoms. The molecule has 2 aromatic carbocycles. The third kappa shape index (κ3) is 4.25. The first-order valence-electron chi connectivity index (χ1n) is 11.8. The molecule has 1 amide bonds. The maximum absolute atomic E-state index is 13.5. The van der Waals surface area contributed by atoms with Crippen molar-refractivity contribution >= 4 is 11.8 Å². The van der Waals surface area contributed by atoms with Crippen LogP contribution in [-0.2, 0) is 11.2 Å². The molecule has 3 aromatic rings. The minimum absolute atomic E-state index is 0.00660. The molecule has 2 aliphatic rings. The Bertz CT molecular complexity index is 1170. The summed E-state index contributed by atoms with van der Waals surface area (Å²) in [5.41, 5.74) is 3.54. The smallest absolute Gasteiger partial charge is 0.414 e. The number of nitrogens with zero attached hydrogens (tertiary/aromatic N) is 3. The molecule has 7 nitrogen and oxygen atoms in total. The van der Waals surface area contributed by atoms with E-state index in [-0.39, 0.29) is 11.9 Å². The van der Waals surface area contributed by atoms with E-state index >= 15 is 0 Å². The van der Waals surface area contributed by atoms with Crippen molar-refractivity contribution in [1.29, 1.82) is 0 Å². The molecule has 0 unspecified atom stereocenters. The number of methoxy groups -OCH3 is 1. The molecule has 0 bridgehead atoms. The SMILES string of the molecule is COC(=O)N1c2ccc(-c3cnn(C4CCNCC4)c3)c(Oc3ccc(F)cc3)c2CC[C@@H]1C. The Labute approximate surface area is 198 Å². The van der Waals surface area contributed by atoms with Crippen LogP contribution in [0.4, 0.5) is 14.9 Å². The number of halogens is 1. The van der Waals surface area contributed by atoms with Gasteiger partial charge in [0.25, 0.3) is 0 Å². The zero-order valence-corrected chi connectivity index (χ0v) is 19.5. The average molecular weight is 465 g/mol. The molecule has 5 rings (SSSR count). The van der Waals surface area contributed by atoms with Crippen molar-refractivity contribution in [3.8, 4) is 22.6 Å². The standard InChI is InChI=1S/C26H29FN4O3/c1-17-3-8-23-24(31(17)26(32)33-2)10-9-22(25(23)34-21-6-4-19(27)5-7-21)18-15-29-30(16-18)20-11-13-28-14-12-20/h4-7,9-10,15-17,20,28H,3,8,11-14H2,1-2H3/t17-/m0/s1. The number of amides is 1. The van der Waals surface area contributed by atoms with Crippen molar-refractivity contribution in [3.63, 3.8) is 0 Å². The molecule has 1 fully saturated rings. The Morgan fingerprint density at radius 1 is 1.12 bits per heavy atom. The van der Waals surface area contributed by atoms with Crippen LogP contribution in [0.2, 0.25) is 0 Å². The van der Waals surface area contributed by atoms with Crippen LogP contribution < -0.4 is 15.0 Å². The maximum Gasteiger partial charge on any atom is 0.414 e. The van der Waals surface area contributed by atoms with Gasteiger partial charge in [-0.05, 0) is 82.1 Å². The molecule has 1 aromatic heterocycles. The van der Waals surface area contributed by atoms with Crippen LogP contribution in [0.3, 0.4) is 0 Å². The quantitative estimate of drug-likeness (QED) is 0.567. The van der Waals surface area contributed by atoms with Crippen molar-refractivity contribution in [1.82, 2.24) is 15.1 Å². The largest absolute Gasteiger partial charge is 0.456 e. The summed E-state index contributed by atoms with van der Waals surface area (Å²) < 4.78 is 27.0. The van der Waals surface area contributed by atoms with E-state index in [2.05, 4.69) is 16.6 Å².